The summed E-state index contributed by atoms with van der Waals surface area (Å²) in [6.07, 6.45) is 0.210. The van der Waals surface area contributed by atoms with Gasteiger partial charge in [0.25, 0.3) is 0 Å². The summed E-state index contributed by atoms with van der Waals surface area (Å²) in [5.74, 6) is -0.740. The van der Waals surface area contributed by atoms with Gasteiger partial charge in [0.05, 0.1) is 18.8 Å². The molecule has 0 aromatic heterocycles. The highest BCUT2D eigenvalue weighted by molar-refractivity contribution is 7.80. The fourth-order valence-corrected chi connectivity index (χ4v) is 3.04. The first kappa shape index (κ1) is 10.6. The zero-order valence-corrected chi connectivity index (χ0v) is 9.22. The van der Waals surface area contributed by atoms with E-state index in [1.165, 1.54) is 0 Å². The van der Waals surface area contributed by atoms with E-state index >= 15 is 0 Å². The Morgan fingerprint density at radius 2 is 2.31 bits per heavy atom. The average molecular weight is 248 g/mol. The molecule has 6 unspecified atom stereocenters. The highest BCUT2D eigenvalue weighted by Gasteiger charge is 2.60. The van der Waals surface area contributed by atoms with Crippen LogP contribution in [0.5, 0.6) is 0 Å². The van der Waals surface area contributed by atoms with E-state index in [0.29, 0.717) is 12.5 Å². The third-order valence-corrected chi connectivity index (χ3v) is 3.84. The number of hydrogen-bond donors (Lipinski definition) is 1. The molecule has 16 heavy (non-hydrogen) atoms. The predicted octanol–water partition coefficient (Wildman–Crippen LogP) is -0.694. The summed E-state index contributed by atoms with van der Waals surface area (Å²) in [7, 11) is 0. The van der Waals surface area contributed by atoms with Crippen molar-refractivity contribution >= 4 is 17.0 Å². The molecule has 3 saturated heterocycles. The van der Waals surface area contributed by atoms with Gasteiger partial charge in [-0.05, 0) is 6.42 Å². The molecule has 0 amide bonds. The molecule has 3 heterocycles. The van der Waals surface area contributed by atoms with Gasteiger partial charge in [-0.2, -0.15) is 0 Å². The van der Waals surface area contributed by atoms with Gasteiger partial charge in [0.2, 0.25) is 0 Å². The molecular formula is C9H12O6S. The third-order valence-electron chi connectivity index (χ3n) is 3.36. The van der Waals surface area contributed by atoms with Gasteiger partial charge in [-0.25, -0.2) is 4.21 Å². The smallest absolute Gasteiger partial charge is 0.321 e. The van der Waals surface area contributed by atoms with E-state index in [2.05, 4.69) is 0 Å². The summed E-state index contributed by atoms with van der Waals surface area (Å²) in [5.41, 5.74) is 0. The minimum Gasteiger partial charge on any atom is -0.456 e. The van der Waals surface area contributed by atoms with E-state index in [-0.39, 0.29) is 18.3 Å². The van der Waals surface area contributed by atoms with E-state index in [1.807, 2.05) is 0 Å². The summed E-state index contributed by atoms with van der Waals surface area (Å²) >= 11 is -2.16. The lowest BCUT2D eigenvalue weighted by Crippen LogP contribution is -2.40. The van der Waals surface area contributed by atoms with Gasteiger partial charge in [0.15, 0.2) is 17.2 Å². The molecule has 0 spiro atoms. The minimum absolute atomic E-state index is 0.0439. The van der Waals surface area contributed by atoms with Crippen LogP contribution in [-0.4, -0.2) is 51.5 Å². The predicted molar refractivity (Wildman–Crippen MR) is 52.0 cm³/mol. The second-order valence-corrected chi connectivity index (χ2v) is 5.28. The molecule has 2 bridgehead atoms. The number of carbonyl (C=O) groups excluding carboxylic acids is 1. The first-order chi connectivity index (χ1) is 7.65. The molecule has 3 aliphatic heterocycles. The third kappa shape index (κ3) is 1.58. The number of ether oxygens (including phenoxy) is 3. The zero-order valence-electron chi connectivity index (χ0n) is 8.40. The number of fused-ring (bicyclic) bond motifs is 1. The quantitative estimate of drug-likeness (QED) is 0.525. The molecule has 0 aromatic carbocycles. The molecule has 7 heteroatoms. The van der Waals surface area contributed by atoms with Gasteiger partial charge in [-0.1, -0.05) is 0 Å². The van der Waals surface area contributed by atoms with E-state index in [4.69, 9.17) is 18.8 Å². The molecule has 3 rings (SSSR count). The standard InChI is InChI=1S/C9H12O6S/c10-6(3-16(11)12)15-8-5-1-4-2-13-9(8)7(4)14-5/h4-5,7-9H,1-3H2,(H,11,12). The number of carbonyl (C=O) groups is 1. The van der Waals surface area contributed by atoms with Crippen molar-refractivity contribution in [2.24, 2.45) is 5.92 Å². The topological polar surface area (TPSA) is 82.1 Å². The Kier molecular flexibility index (Phi) is 2.50. The molecule has 6 atom stereocenters. The fourth-order valence-electron chi connectivity index (χ4n) is 2.77. The van der Waals surface area contributed by atoms with Crippen molar-refractivity contribution in [2.75, 3.05) is 12.4 Å². The number of esters is 1. The van der Waals surface area contributed by atoms with Crippen LogP contribution in [0.4, 0.5) is 0 Å². The summed E-state index contributed by atoms with van der Waals surface area (Å²) in [6, 6.07) is 0. The Balaban J connectivity index is 1.64. The number of hydrogen-bond acceptors (Lipinski definition) is 5. The van der Waals surface area contributed by atoms with Crippen molar-refractivity contribution < 1.29 is 27.8 Å². The minimum atomic E-state index is -2.16. The Hall–Kier alpha value is -0.500. The maximum atomic E-state index is 11.3. The highest BCUT2D eigenvalue weighted by Crippen LogP contribution is 2.46. The summed E-state index contributed by atoms with van der Waals surface area (Å²) in [6.45, 7) is 0.659. The Bertz CT molecular complexity index is 343. The van der Waals surface area contributed by atoms with E-state index < -0.39 is 28.9 Å². The van der Waals surface area contributed by atoms with E-state index in [9.17, 15) is 9.00 Å². The summed E-state index contributed by atoms with van der Waals surface area (Å²) in [5, 5.41) is 0. The van der Waals surface area contributed by atoms with Gasteiger partial charge in [0.1, 0.15) is 11.9 Å². The van der Waals surface area contributed by atoms with Crippen molar-refractivity contribution in [2.45, 2.75) is 30.8 Å². The summed E-state index contributed by atoms with van der Waals surface area (Å²) in [4.78, 5) is 11.3. The lowest BCUT2D eigenvalue weighted by Gasteiger charge is -2.22. The first-order valence-corrected chi connectivity index (χ1v) is 6.47. The second kappa shape index (κ2) is 3.76. The van der Waals surface area contributed by atoms with Crippen LogP contribution in [0.3, 0.4) is 0 Å². The fraction of sp³-hybridized carbons (Fsp3) is 0.889. The molecule has 0 saturated carbocycles. The normalized spacial score (nSPS) is 45.9. The van der Waals surface area contributed by atoms with Crippen molar-refractivity contribution in [1.82, 2.24) is 0 Å². The molecule has 1 N–H and O–H groups in total. The average Bonchev–Trinajstić information content (AvgIpc) is 2.75. The number of rotatable bonds is 3. The molecule has 90 valence electrons. The van der Waals surface area contributed by atoms with Crippen molar-refractivity contribution in [3.8, 4) is 0 Å². The largest absolute Gasteiger partial charge is 0.456 e. The maximum Gasteiger partial charge on any atom is 0.321 e. The molecule has 0 aromatic rings. The Morgan fingerprint density at radius 1 is 1.50 bits per heavy atom. The molecular weight excluding hydrogens is 236 g/mol. The molecule has 0 aliphatic carbocycles. The Labute approximate surface area is 94.5 Å². The molecule has 6 nitrogen and oxygen atoms in total. The van der Waals surface area contributed by atoms with E-state index in [0.717, 1.165) is 6.42 Å². The lowest BCUT2D eigenvalue weighted by atomic mass is 9.88. The van der Waals surface area contributed by atoms with Crippen LogP contribution in [0.25, 0.3) is 0 Å². The van der Waals surface area contributed by atoms with Gasteiger partial charge < -0.3 is 18.8 Å². The molecule has 0 radical (unpaired) electrons. The lowest BCUT2D eigenvalue weighted by molar-refractivity contribution is -0.152. The van der Waals surface area contributed by atoms with Gasteiger partial charge in [-0.15, -0.1) is 0 Å². The van der Waals surface area contributed by atoms with Crippen LogP contribution in [-0.2, 0) is 30.1 Å². The van der Waals surface area contributed by atoms with Crippen molar-refractivity contribution in [1.29, 1.82) is 0 Å². The SMILES string of the molecule is O=C(CS(=O)O)OC1C2CC3COC1C3O2. The van der Waals surface area contributed by atoms with Crippen LogP contribution < -0.4 is 0 Å². The monoisotopic (exact) mass is 248 g/mol. The van der Waals surface area contributed by atoms with Crippen LogP contribution in [0.1, 0.15) is 6.42 Å². The molecule has 3 fully saturated rings. The maximum absolute atomic E-state index is 11.3. The molecule has 3 aliphatic rings. The summed E-state index contributed by atoms with van der Waals surface area (Å²) < 4.78 is 35.3. The second-order valence-electron chi connectivity index (χ2n) is 4.35. The first-order valence-electron chi connectivity index (χ1n) is 5.19. The van der Waals surface area contributed by atoms with Crippen LogP contribution in [0.2, 0.25) is 0 Å². The van der Waals surface area contributed by atoms with Crippen molar-refractivity contribution in [3.63, 3.8) is 0 Å². The highest BCUT2D eigenvalue weighted by atomic mass is 32.2. The zero-order chi connectivity index (χ0) is 11.3. The Morgan fingerprint density at radius 3 is 3.06 bits per heavy atom. The van der Waals surface area contributed by atoms with Gasteiger partial charge in [-0.3, -0.25) is 4.79 Å². The van der Waals surface area contributed by atoms with Gasteiger partial charge in [0, 0.05) is 5.92 Å². The van der Waals surface area contributed by atoms with Crippen molar-refractivity contribution in [3.05, 3.63) is 0 Å². The van der Waals surface area contributed by atoms with Crippen LogP contribution >= 0.6 is 0 Å². The van der Waals surface area contributed by atoms with Crippen LogP contribution in [0.15, 0.2) is 0 Å². The van der Waals surface area contributed by atoms with Crippen LogP contribution in [0, 0.1) is 5.92 Å². The van der Waals surface area contributed by atoms with Gasteiger partial charge >= 0.3 is 5.97 Å². The van der Waals surface area contributed by atoms with E-state index in [1.54, 1.807) is 0 Å².